The number of rotatable bonds is 3. The Balaban J connectivity index is 2.36. The highest BCUT2D eigenvalue weighted by Crippen LogP contribution is 2.29. The standard InChI is InChI=1S/C14H13NO3/c1-18-14(17)8-10-4-5-13(16)12(7-10)11-3-2-6-15-9-11/h2-7,9,16H,8H2,1H3. The molecule has 4 heteroatoms. The number of pyridine rings is 1. The van der Waals surface area contributed by atoms with E-state index < -0.39 is 0 Å². The molecule has 0 aliphatic rings. The lowest BCUT2D eigenvalue weighted by Crippen LogP contribution is -2.04. The summed E-state index contributed by atoms with van der Waals surface area (Å²) in [5.41, 5.74) is 2.25. The molecule has 1 aromatic carbocycles. The molecule has 0 radical (unpaired) electrons. The Morgan fingerprint density at radius 1 is 1.39 bits per heavy atom. The number of benzene rings is 1. The van der Waals surface area contributed by atoms with Crippen LogP contribution in [-0.2, 0) is 16.0 Å². The van der Waals surface area contributed by atoms with Gasteiger partial charge in [0.15, 0.2) is 0 Å². The first kappa shape index (κ1) is 12.1. The molecular formula is C14H13NO3. The van der Waals surface area contributed by atoms with E-state index in [9.17, 15) is 9.90 Å². The van der Waals surface area contributed by atoms with Gasteiger partial charge < -0.3 is 9.84 Å². The molecule has 0 spiro atoms. The van der Waals surface area contributed by atoms with Crippen LogP contribution in [0, 0.1) is 0 Å². The largest absolute Gasteiger partial charge is 0.507 e. The maximum Gasteiger partial charge on any atom is 0.309 e. The van der Waals surface area contributed by atoms with E-state index in [0.29, 0.717) is 5.56 Å². The van der Waals surface area contributed by atoms with Crippen LogP contribution in [0.1, 0.15) is 5.56 Å². The smallest absolute Gasteiger partial charge is 0.309 e. The molecule has 0 aliphatic carbocycles. The van der Waals surface area contributed by atoms with Gasteiger partial charge >= 0.3 is 5.97 Å². The lowest BCUT2D eigenvalue weighted by molar-refractivity contribution is -0.139. The number of carbonyl (C=O) groups is 1. The van der Waals surface area contributed by atoms with Gasteiger partial charge in [-0.1, -0.05) is 12.1 Å². The van der Waals surface area contributed by atoms with E-state index in [1.54, 1.807) is 36.7 Å². The number of aromatic nitrogens is 1. The Labute approximate surface area is 105 Å². The SMILES string of the molecule is COC(=O)Cc1ccc(O)c(-c2cccnc2)c1. The van der Waals surface area contributed by atoms with Gasteiger partial charge in [-0.05, 0) is 23.8 Å². The minimum atomic E-state index is -0.308. The monoisotopic (exact) mass is 243 g/mol. The van der Waals surface area contributed by atoms with Gasteiger partial charge in [-0.15, -0.1) is 0 Å². The van der Waals surface area contributed by atoms with Crippen LogP contribution in [0.3, 0.4) is 0 Å². The molecule has 0 unspecified atom stereocenters. The molecule has 92 valence electrons. The Kier molecular flexibility index (Phi) is 3.57. The van der Waals surface area contributed by atoms with Gasteiger partial charge in [0.25, 0.3) is 0 Å². The molecule has 4 nitrogen and oxygen atoms in total. The van der Waals surface area contributed by atoms with Crippen molar-refractivity contribution in [1.29, 1.82) is 0 Å². The van der Waals surface area contributed by atoms with Gasteiger partial charge in [0.05, 0.1) is 13.5 Å². The first-order chi connectivity index (χ1) is 8.70. The average Bonchev–Trinajstić information content (AvgIpc) is 2.42. The lowest BCUT2D eigenvalue weighted by atomic mass is 10.0. The van der Waals surface area contributed by atoms with E-state index in [4.69, 9.17) is 0 Å². The van der Waals surface area contributed by atoms with E-state index in [0.717, 1.165) is 11.1 Å². The highest BCUT2D eigenvalue weighted by Gasteiger charge is 2.08. The zero-order chi connectivity index (χ0) is 13.0. The summed E-state index contributed by atoms with van der Waals surface area (Å²) in [6.45, 7) is 0. The topological polar surface area (TPSA) is 59.4 Å². The molecule has 2 aromatic rings. The molecule has 1 N–H and O–H groups in total. The van der Waals surface area contributed by atoms with Crippen molar-refractivity contribution in [1.82, 2.24) is 4.98 Å². The molecule has 0 saturated carbocycles. The summed E-state index contributed by atoms with van der Waals surface area (Å²) in [6.07, 6.45) is 3.51. The normalized spacial score (nSPS) is 10.1. The number of esters is 1. The Morgan fingerprint density at radius 3 is 2.89 bits per heavy atom. The van der Waals surface area contributed by atoms with Gasteiger partial charge in [-0.3, -0.25) is 9.78 Å². The van der Waals surface area contributed by atoms with Gasteiger partial charge in [0.1, 0.15) is 5.75 Å². The molecule has 0 bridgehead atoms. The number of hydrogen-bond acceptors (Lipinski definition) is 4. The molecule has 1 aromatic heterocycles. The highest BCUT2D eigenvalue weighted by atomic mass is 16.5. The van der Waals surface area contributed by atoms with E-state index in [-0.39, 0.29) is 18.1 Å². The number of hydrogen-bond donors (Lipinski definition) is 1. The Morgan fingerprint density at radius 2 is 2.22 bits per heavy atom. The zero-order valence-electron chi connectivity index (χ0n) is 9.96. The lowest BCUT2D eigenvalue weighted by Gasteiger charge is -2.07. The van der Waals surface area contributed by atoms with Crippen LogP contribution >= 0.6 is 0 Å². The van der Waals surface area contributed by atoms with Crippen molar-refractivity contribution in [3.63, 3.8) is 0 Å². The van der Waals surface area contributed by atoms with Crippen LogP contribution in [0.4, 0.5) is 0 Å². The van der Waals surface area contributed by atoms with Crippen LogP contribution in [-0.4, -0.2) is 23.2 Å². The minimum Gasteiger partial charge on any atom is -0.507 e. The van der Waals surface area contributed by atoms with Crippen molar-refractivity contribution in [2.75, 3.05) is 7.11 Å². The Hall–Kier alpha value is -2.36. The fourth-order valence-electron chi connectivity index (χ4n) is 1.69. The second-order valence-corrected chi connectivity index (χ2v) is 3.85. The number of aromatic hydroxyl groups is 1. The third-order valence-electron chi connectivity index (χ3n) is 2.61. The number of ether oxygens (including phenoxy) is 1. The zero-order valence-corrected chi connectivity index (χ0v) is 9.96. The second-order valence-electron chi connectivity index (χ2n) is 3.85. The second kappa shape index (κ2) is 5.31. The molecule has 0 saturated heterocycles. The van der Waals surface area contributed by atoms with E-state index in [2.05, 4.69) is 9.72 Å². The van der Waals surface area contributed by atoms with E-state index >= 15 is 0 Å². The van der Waals surface area contributed by atoms with Crippen molar-refractivity contribution < 1.29 is 14.6 Å². The van der Waals surface area contributed by atoms with Crippen LogP contribution in [0.15, 0.2) is 42.7 Å². The van der Waals surface area contributed by atoms with Crippen molar-refractivity contribution in [2.45, 2.75) is 6.42 Å². The summed E-state index contributed by atoms with van der Waals surface area (Å²) in [5, 5.41) is 9.84. The highest BCUT2D eigenvalue weighted by molar-refractivity contribution is 5.75. The molecule has 1 heterocycles. The summed E-state index contributed by atoms with van der Waals surface area (Å²) < 4.78 is 4.62. The summed E-state index contributed by atoms with van der Waals surface area (Å²) in [7, 11) is 1.35. The van der Waals surface area contributed by atoms with E-state index in [1.165, 1.54) is 7.11 Å². The predicted octanol–water partition coefficient (Wildman–Crippen LogP) is 2.17. The first-order valence-electron chi connectivity index (χ1n) is 5.50. The number of methoxy groups -OCH3 is 1. The van der Waals surface area contributed by atoms with E-state index in [1.807, 2.05) is 6.07 Å². The van der Waals surface area contributed by atoms with Crippen LogP contribution in [0.2, 0.25) is 0 Å². The first-order valence-corrected chi connectivity index (χ1v) is 5.50. The third kappa shape index (κ3) is 2.66. The maximum atomic E-state index is 11.2. The summed E-state index contributed by atoms with van der Waals surface area (Å²) >= 11 is 0. The molecule has 0 amide bonds. The Bertz CT molecular complexity index is 552. The van der Waals surface area contributed by atoms with Gasteiger partial charge in [0, 0.05) is 23.5 Å². The molecular weight excluding hydrogens is 230 g/mol. The fourth-order valence-corrected chi connectivity index (χ4v) is 1.69. The van der Waals surface area contributed by atoms with Gasteiger partial charge in [-0.25, -0.2) is 0 Å². The molecule has 0 fully saturated rings. The van der Waals surface area contributed by atoms with Crippen molar-refractivity contribution in [3.05, 3.63) is 48.3 Å². The van der Waals surface area contributed by atoms with Crippen molar-refractivity contribution in [3.8, 4) is 16.9 Å². The van der Waals surface area contributed by atoms with Gasteiger partial charge in [0.2, 0.25) is 0 Å². The number of phenolic OH excluding ortho intramolecular Hbond substituents is 1. The summed E-state index contributed by atoms with van der Waals surface area (Å²) in [4.78, 5) is 15.2. The summed E-state index contributed by atoms with van der Waals surface area (Å²) in [5.74, 6) is -0.144. The number of carbonyl (C=O) groups excluding carboxylic acids is 1. The van der Waals surface area contributed by atoms with Gasteiger partial charge in [-0.2, -0.15) is 0 Å². The van der Waals surface area contributed by atoms with Crippen molar-refractivity contribution >= 4 is 5.97 Å². The minimum absolute atomic E-state index is 0.164. The average molecular weight is 243 g/mol. The number of nitrogens with zero attached hydrogens (tertiary/aromatic N) is 1. The maximum absolute atomic E-state index is 11.2. The molecule has 0 atom stereocenters. The van der Waals surface area contributed by atoms with Crippen LogP contribution < -0.4 is 0 Å². The third-order valence-corrected chi connectivity index (χ3v) is 2.61. The predicted molar refractivity (Wildman–Crippen MR) is 67.1 cm³/mol. The summed E-state index contributed by atoms with van der Waals surface area (Å²) in [6, 6.07) is 8.68. The van der Waals surface area contributed by atoms with Crippen molar-refractivity contribution in [2.24, 2.45) is 0 Å². The molecule has 18 heavy (non-hydrogen) atoms. The quantitative estimate of drug-likeness (QED) is 0.839. The fraction of sp³-hybridized carbons (Fsp3) is 0.143. The van der Waals surface area contributed by atoms with Crippen LogP contribution in [0.25, 0.3) is 11.1 Å². The number of phenols is 1. The van der Waals surface area contributed by atoms with Crippen LogP contribution in [0.5, 0.6) is 5.75 Å². The molecule has 2 rings (SSSR count). The molecule has 0 aliphatic heterocycles.